The fourth-order valence-electron chi connectivity index (χ4n) is 1.42. The Labute approximate surface area is 133 Å². The van der Waals surface area contributed by atoms with E-state index in [-0.39, 0.29) is 21.4 Å². The van der Waals surface area contributed by atoms with Crippen LogP contribution in [0.4, 0.5) is 5.69 Å². The van der Waals surface area contributed by atoms with E-state index in [4.69, 9.17) is 16.3 Å². The third kappa shape index (κ3) is 3.20. The van der Waals surface area contributed by atoms with Crippen LogP contribution in [0.15, 0.2) is 32.3 Å². The molecule has 0 unspecified atom stereocenters. The molecule has 2 rings (SSSR count). The summed E-state index contributed by atoms with van der Waals surface area (Å²) < 4.78 is 32.1. The van der Waals surface area contributed by atoms with Crippen molar-refractivity contribution in [1.82, 2.24) is 0 Å². The molecule has 0 aliphatic heterocycles. The van der Waals surface area contributed by atoms with Crippen LogP contribution in [0.3, 0.4) is 0 Å². The maximum atomic E-state index is 12.1. The van der Waals surface area contributed by atoms with Gasteiger partial charge in [-0.25, -0.2) is 8.42 Å². The topological polar surface area (TPSA) is 75.6 Å². The number of aromatic hydroxyl groups is 1. The Kier molecular flexibility index (Phi) is 4.48. The Hall–Kier alpha value is -0.960. The first kappa shape index (κ1) is 15.4. The van der Waals surface area contributed by atoms with Crippen molar-refractivity contribution in [2.75, 3.05) is 11.8 Å². The molecule has 5 nitrogen and oxygen atoms in total. The summed E-state index contributed by atoms with van der Waals surface area (Å²) in [5.41, 5.74) is 0.226. The molecule has 0 amide bonds. The summed E-state index contributed by atoms with van der Waals surface area (Å²) in [6.07, 6.45) is 0. The SMILES string of the molecule is COc1ccc(NS(=O)(=O)c2cc(Cl)c(Br)s2)cc1O. The number of hydrogen-bond acceptors (Lipinski definition) is 5. The van der Waals surface area contributed by atoms with Crippen LogP contribution in [-0.4, -0.2) is 20.6 Å². The first-order chi connectivity index (χ1) is 9.33. The molecule has 0 aliphatic carbocycles. The number of thiophene rings is 1. The number of hydrogen-bond donors (Lipinski definition) is 2. The van der Waals surface area contributed by atoms with E-state index in [1.165, 1.54) is 31.4 Å². The average Bonchev–Trinajstić information content (AvgIpc) is 2.70. The van der Waals surface area contributed by atoms with Gasteiger partial charge in [0, 0.05) is 6.07 Å². The van der Waals surface area contributed by atoms with Crippen molar-refractivity contribution in [2.45, 2.75) is 4.21 Å². The Morgan fingerprint density at radius 3 is 2.60 bits per heavy atom. The van der Waals surface area contributed by atoms with Crippen molar-refractivity contribution < 1.29 is 18.3 Å². The highest BCUT2D eigenvalue weighted by Gasteiger charge is 2.19. The van der Waals surface area contributed by atoms with Crippen LogP contribution in [0.5, 0.6) is 11.5 Å². The zero-order valence-corrected chi connectivity index (χ0v) is 14.0. The fourth-order valence-corrected chi connectivity index (χ4v) is 4.87. The molecule has 0 bridgehead atoms. The summed E-state index contributed by atoms with van der Waals surface area (Å²) >= 11 is 9.98. The second kappa shape index (κ2) is 5.80. The summed E-state index contributed by atoms with van der Waals surface area (Å²) in [6.45, 7) is 0. The van der Waals surface area contributed by atoms with Crippen LogP contribution in [-0.2, 0) is 10.0 Å². The van der Waals surface area contributed by atoms with Crippen LogP contribution < -0.4 is 9.46 Å². The number of sulfonamides is 1. The lowest BCUT2D eigenvalue weighted by molar-refractivity contribution is 0.373. The molecule has 0 spiro atoms. The minimum Gasteiger partial charge on any atom is -0.504 e. The van der Waals surface area contributed by atoms with Crippen LogP contribution >= 0.6 is 38.9 Å². The maximum absolute atomic E-state index is 12.1. The Balaban J connectivity index is 2.31. The van der Waals surface area contributed by atoms with Gasteiger partial charge in [-0.05, 0) is 34.1 Å². The molecular weight excluding hydrogens is 390 g/mol. The molecule has 0 aliphatic rings. The van der Waals surface area contributed by atoms with E-state index in [2.05, 4.69) is 20.7 Å². The van der Waals surface area contributed by atoms with Gasteiger partial charge in [-0.15, -0.1) is 11.3 Å². The largest absolute Gasteiger partial charge is 0.504 e. The molecule has 1 aromatic heterocycles. The van der Waals surface area contributed by atoms with Gasteiger partial charge in [0.05, 0.1) is 21.6 Å². The fraction of sp³-hybridized carbons (Fsp3) is 0.0909. The van der Waals surface area contributed by atoms with Gasteiger partial charge in [0.25, 0.3) is 10.0 Å². The molecule has 108 valence electrons. The summed E-state index contributed by atoms with van der Waals surface area (Å²) in [4.78, 5) is 0. The zero-order chi connectivity index (χ0) is 14.9. The van der Waals surface area contributed by atoms with Crippen molar-refractivity contribution in [2.24, 2.45) is 0 Å². The molecule has 1 heterocycles. The van der Waals surface area contributed by atoms with E-state index < -0.39 is 10.0 Å². The number of anilines is 1. The predicted octanol–water partition coefficient (Wildman–Crippen LogP) is 3.68. The normalized spacial score (nSPS) is 11.3. The minimum atomic E-state index is -3.75. The van der Waals surface area contributed by atoms with Crippen molar-refractivity contribution in [3.63, 3.8) is 0 Å². The van der Waals surface area contributed by atoms with Crippen molar-refractivity contribution >= 4 is 54.6 Å². The molecule has 0 saturated heterocycles. The molecule has 20 heavy (non-hydrogen) atoms. The number of methoxy groups -OCH3 is 1. The molecule has 1 aromatic carbocycles. The van der Waals surface area contributed by atoms with Gasteiger partial charge in [-0.2, -0.15) is 0 Å². The smallest absolute Gasteiger partial charge is 0.271 e. The second-order valence-electron chi connectivity index (χ2n) is 3.68. The zero-order valence-electron chi connectivity index (χ0n) is 10.1. The third-order valence-corrected chi connectivity index (χ3v) is 6.65. The number of rotatable bonds is 4. The summed E-state index contributed by atoms with van der Waals surface area (Å²) in [6, 6.07) is 5.56. The highest BCUT2D eigenvalue weighted by molar-refractivity contribution is 9.11. The van der Waals surface area contributed by atoms with Crippen LogP contribution in [0.25, 0.3) is 0 Å². The van der Waals surface area contributed by atoms with Crippen molar-refractivity contribution in [3.8, 4) is 11.5 Å². The first-order valence-corrected chi connectivity index (χ1v) is 8.65. The van der Waals surface area contributed by atoms with Crippen molar-refractivity contribution in [3.05, 3.63) is 33.1 Å². The van der Waals surface area contributed by atoms with Crippen LogP contribution in [0, 0.1) is 0 Å². The maximum Gasteiger partial charge on any atom is 0.271 e. The number of nitrogens with one attached hydrogen (secondary N) is 1. The molecule has 9 heteroatoms. The van der Waals surface area contributed by atoms with Gasteiger partial charge in [0.15, 0.2) is 11.5 Å². The quantitative estimate of drug-likeness (QED) is 0.824. The minimum absolute atomic E-state index is 0.0738. The van der Waals surface area contributed by atoms with Gasteiger partial charge >= 0.3 is 0 Å². The number of ether oxygens (including phenoxy) is 1. The van der Waals surface area contributed by atoms with Crippen LogP contribution in [0.2, 0.25) is 5.02 Å². The van der Waals surface area contributed by atoms with E-state index in [1.54, 1.807) is 0 Å². The lowest BCUT2D eigenvalue weighted by atomic mass is 10.3. The Bertz CT molecular complexity index is 725. The second-order valence-corrected chi connectivity index (χ2v) is 8.37. The molecule has 2 N–H and O–H groups in total. The first-order valence-electron chi connectivity index (χ1n) is 5.18. The molecule has 0 fully saturated rings. The monoisotopic (exact) mass is 397 g/mol. The number of phenolic OH excluding ortho intramolecular Hbond substituents is 1. The number of halogens is 2. The third-order valence-electron chi connectivity index (χ3n) is 2.32. The molecular formula is C11H9BrClNO4S2. The average molecular weight is 399 g/mol. The summed E-state index contributed by atoms with van der Waals surface area (Å²) in [7, 11) is -2.34. The molecule has 0 atom stereocenters. The van der Waals surface area contributed by atoms with E-state index >= 15 is 0 Å². The van der Waals surface area contributed by atoms with E-state index in [0.29, 0.717) is 8.81 Å². The predicted molar refractivity (Wildman–Crippen MR) is 82.5 cm³/mol. The van der Waals surface area contributed by atoms with Crippen LogP contribution in [0.1, 0.15) is 0 Å². The highest BCUT2D eigenvalue weighted by Crippen LogP contribution is 2.36. The van der Waals surface area contributed by atoms with Gasteiger partial charge in [0.2, 0.25) is 0 Å². The van der Waals surface area contributed by atoms with E-state index in [1.807, 2.05) is 0 Å². The van der Waals surface area contributed by atoms with Crippen molar-refractivity contribution in [1.29, 1.82) is 0 Å². The molecule has 0 radical (unpaired) electrons. The lowest BCUT2D eigenvalue weighted by Crippen LogP contribution is -2.11. The van der Waals surface area contributed by atoms with Gasteiger partial charge in [-0.3, -0.25) is 4.72 Å². The van der Waals surface area contributed by atoms with E-state index in [0.717, 1.165) is 11.3 Å². The Morgan fingerprint density at radius 2 is 2.10 bits per heavy atom. The highest BCUT2D eigenvalue weighted by atomic mass is 79.9. The summed E-state index contributed by atoms with van der Waals surface area (Å²) in [5, 5.41) is 9.95. The van der Waals surface area contributed by atoms with Gasteiger partial charge in [-0.1, -0.05) is 11.6 Å². The number of benzene rings is 1. The molecule has 0 saturated carbocycles. The number of phenols is 1. The van der Waals surface area contributed by atoms with E-state index in [9.17, 15) is 13.5 Å². The standard InChI is InChI=1S/C11H9BrClNO4S2/c1-18-9-3-2-6(4-8(9)15)14-20(16,17)10-5-7(13)11(12)19-10/h2-5,14-15H,1H3. The Morgan fingerprint density at radius 1 is 1.40 bits per heavy atom. The van der Waals surface area contributed by atoms with Gasteiger partial charge < -0.3 is 9.84 Å². The lowest BCUT2D eigenvalue weighted by Gasteiger charge is -2.08. The summed E-state index contributed by atoms with van der Waals surface area (Å²) in [5.74, 6) is 0.105. The van der Waals surface area contributed by atoms with Gasteiger partial charge in [0.1, 0.15) is 4.21 Å². The molecule has 2 aromatic rings.